The summed E-state index contributed by atoms with van der Waals surface area (Å²) in [7, 11) is 1.29. The minimum atomic E-state index is -0.625. The van der Waals surface area contributed by atoms with E-state index in [9.17, 15) is 9.59 Å². The van der Waals surface area contributed by atoms with Crippen LogP contribution in [0.1, 0.15) is 28.4 Å². The molecule has 1 N–H and O–H groups in total. The number of esters is 1. The van der Waals surface area contributed by atoms with Crippen LogP contribution in [0.2, 0.25) is 0 Å². The second-order valence-corrected chi connectivity index (χ2v) is 4.81. The van der Waals surface area contributed by atoms with Gasteiger partial charge in [0.05, 0.1) is 18.4 Å². The van der Waals surface area contributed by atoms with Crippen LogP contribution in [0.25, 0.3) is 0 Å². The zero-order valence-electron chi connectivity index (χ0n) is 13.5. The molecule has 1 amide bonds. The number of methoxy groups -OCH3 is 1. The van der Waals surface area contributed by atoms with Gasteiger partial charge < -0.3 is 9.47 Å². The second-order valence-electron chi connectivity index (χ2n) is 4.81. The third kappa shape index (κ3) is 4.62. The van der Waals surface area contributed by atoms with Crippen molar-refractivity contribution in [2.75, 3.05) is 12.4 Å². The van der Waals surface area contributed by atoms with Crippen molar-refractivity contribution in [1.82, 2.24) is 0 Å². The number of carbonyl (C=O) groups excluding carboxylic acids is 2. The Hall–Kier alpha value is -3.26. The maximum atomic E-state index is 12.0. The molecule has 2 aromatic carbocycles. The first-order valence-electron chi connectivity index (χ1n) is 7.27. The fourth-order valence-electron chi connectivity index (χ4n) is 2.01. The zero-order valence-corrected chi connectivity index (χ0v) is 13.5. The van der Waals surface area contributed by atoms with Crippen molar-refractivity contribution in [3.63, 3.8) is 0 Å². The molecule has 0 aliphatic rings. The smallest absolute Gasteiger partial charge is 0.411 e. The fraction of sp³-hybridized carbons (Fsp3) is 0.158. The van der Waals surface area contributed by atoms with Gasteiger partial charge in [-0.15, -0.1) is 5.92 Å². The van der Waals surface area contributed by atoms with Crippen LogP contribution in [-0.4, -0.2) is 19.2 Å². The van der Waals surface area contributed by atoms with Crippen LogP contribution in [0.4, 0.5) is 10.5 Å². The van der Waals surface area contributed by atoms with Gasteiger partial charge in [0.15, 0.2) is 0 Å². The summed E-state index contributed by atoms with van der Waals surface area (Å²) in [5.74, 6) is 5.13. The van der Waals surface area contributed by atoms with Crippen LogP contribution in [0.15, 0.2) is 48.5 Å². The topological polar surface area (TPSA) is 64.6 Å². The van der Waals surface area contributed by atoms with Gasteiger partial charge in [-0.25, -0.2) is 9.59 Å². The molecular formula is C19H17NO4. The second kappa shape index (κ2) is 8.39. The minimum Gasteiger partial charge on any atom is -0.465 e. The van der Waals surface area contributed by atoms with Crippen LogP contribution in [0.5, 0.6) is 0 Å². The van der Waals surface area contributed by atoms with E-state index in [0.29, 0.717) is 16.8 Å². The molecule has 0 saturated heterocycles. The van der Waals surface area contributed by atoms with Crippen LogP contribution < -0.4 is 5.32 Å². The monoisotopic (exact) mass is 323 g/mol. The van der Waals surface area contributed by atoms with E-state index in [2.05, 4.69) is 21.9 Å². The zero-order chi connectivity index (χ0) is 17.4. The number of hydrogen-bond acceptors (Lipinski definition) is 4. The van der Waals surface area contributed by atoms with E-state index in [1.54, 1.807) is 19.1 Å². The number of rotatable bonds is 4. The first-order valence-corrected chi connectivity index (χ1v) is 7.27. The molecule has 122 valence electrons. The van der Waals surface area contributed by atoms with Gasteiger partial charge in [0.25, 0.3) is 0 Å². The Morgan fingerprint density at radius 1 is 1.12 bits per heavy atom. The minimum absolute atomic E-state index is 0.151. The van der Waals surface area contributed by atoms with Crippen molar-refractivity contribution in [2.45, 2.75) is 13.5 Å². The molecule has 0 bridgehead atoms. The number of amides is 1. The molecule has 0 saturated carbocycles. The lowest BCUT2D eigenvalue weighted by molar-refractivity contribution is 0.0600. The molecule has 5 nitrogen and oxygen atoms in total. The van der Waals surface area contributed by atoms with Gasteiger partial charge in [-0.1, -0.05) is 36.3 Å². The SMILES string of the molecule is CC#Cc1ccc(C(=O)OC)cc1NC(=O)OCc1ccccc1. The quantitative estimate of drug-likeness (QED) is 0.690. The van der Waals surface area contributed by atoms with Gasteiger partial charge in [0.2, 0.25) is 0 Å². The summed E-state index contributed by atoms with van der Waals surface area (Å²) in [4.78, 5) is 23.6. The Bertz CT molecular complexity index is 788. The molecule has 2 rings (SSSR count). The van der Waals surface area contributed by atoms with Crippen molar-refractivity contribution in [3.05, 3.63) is 65.2 Å². The molecule has 0 heterocycles. The van der Waals surface area contributed by atoms with Crippen molar-refractivity contribution in [3.8, 4) is 11.8 Å². The maximum absolute atomic E-state index is 12.0. The molecule has 0 radical (unpaired) electrons. The highest BCUT2D eigenvalue weighted by atomic mass is 16.5. The van der Waals surface area contributed by atoms with E-state index >= 15 is 0 Å². The average Bonchev–Trinajstić information content (AvgIpc) is 2.62. The third-order valence-corrected chi connectivity index (χ3v) is 3.15. The van der Waals surface area contributed by atoms with Gasteiger partial charge >= 0.3 is 12.1 Å². The van der Waals surface area contributed by atoms with E-state index in [1.165, 1.54) is 13.2 Å². The van der Waals surface area contributed by atoms with Crippen LogP contribution >= 0.6 is 0 Å². The number of carbonyl (C=O) groups is 2. The Balaban J connectivity index is 2.12. The number of nitrogens with one attached hydrogen (secondary N) is 1. The third-order valence-electron chi connectivity index (χ3n) is 3.15. The lowest BCUT2D eigenvalue weighted by Crippen LogP contribution is -2.15. The summed E-state index contributed by atoms with van der Waals surface area (Å²) in [5, 5.41) is 2.61. The van der Waals surface area contributed by atoms with Gasteiger partial charge in [-0.2, -0.15) is 0 Å². The highest BCUT2D eigenvalue weighted by Crippen LogP contribution is 2.18. The largest absolute Gasteiger partial charge is 0.465 e. The molecule has 0 atom stereocenters. The summed E-state index contributed by atoms with van der Waals surface area (Å²) in [6.45, 7) is 1.84. The molecule has 0 fully saturated rings. The van der Waals surface area contributed by atoms with Crippen molar-refractivity contribution in [2.24, 2.45) is 0 Å². The van der Waals surface area contributed by atoms with Crippen LogP contribution in [0, 0.1) is 11.8 Å². The summed E-state index contributed by atoms with van der Waals surface area (Å²) in [5.41, 5.74) is 2.18. The van der Waals surface area contributed by atoms with Crippen molar-refractivity contribution < 1.29 is 19.1 Å². The van der Waals surface area contributed by atoms with E-state index in [0.717, 1.165) is 5.56 Å². The molecule has 0 spiro atoms. The number of benzene rings is 2. The molecular weight excluding hydrogens is 306 g/mol. The highest BCUT2D eigenvalue weighted by Gasteiger charge is 2.12. The first-order chi connectivity index (χ1) is 11.6. The Morgan fingerprint density at radius 3 is 2.54 bits per heavy atom. The van der Waals surface area contributed by atoms with E-state index in [-0.39, 0.29) is 6.61 Å². The molecule has 0 unspecified atom stereocenters. The van der Waals surface area contributed by atoms with Gasteiger partial charge in [-0.3, -0.25) is 5.32 Å². The van der Waals surface area contributed by atoms with Crippen LogP contribution in [-0.2, 0) is 16.1 Å². The number of ether oxygens (including phenoxy) is 2. The number of hydrogen-bond donors (Lipinski definition) is 1. The van der Waals surface area contributed by atoms with E-state index < -0.39 is 12.1 Å². The summed E-state index contributed by atoms with van der Waals surface area (Å²) < 4.78 is 9.86. The average molecular weight is 323 g/mol. The Morgan fingerprint density at radius 2 is 1.88 bits per heavy atom. The molecule has 0 aliphatic heterocycles. The first kappa shape index (κ1) is 17.1. The normalized spacial score (nSPS) is 9.42. The molecule has 0 aliphatic carbocycles. The van der Waals surface area contributed by atoms with Gasteiger partial charge in [-0.05, 0) is 30.7 Å². The van der Waals surface area contributed by atoms with Crippen molar-refractivity contribution >= 4 is 17.7 Å². The molecule has 24 heavy (non-hydrogen) atoms. The fourth-order valence-corrected chi connectivity index (χ4v) is 2.01. The molecule has 5 heteroatoms. The molecule has 2 aromatic rings. The van der Waals surface area contributed by atoms with Crippen LogP contribution in [0.3, 0.4) is 0 Å². The predicted octanol–water partition coefficient (Wildman–Crippen LogP) is 3.59. The summed E-state index contributed by atoms with van der Waals surface area (Å²) in [6.07, 6.45) is -0.625. The molecule has 0 aromatic heterocycles. The lowest BCUT2D eigenvalue weighted by Gasteiger charge is -2.10. The summed E-state index contributed by atoms with van der Waals surface area (Å²) in [6, 6.07) is 14.1. The standard InChI is InChI=1S/C19H17NO4/c1-3-7-15-10-11-16(18(21)23-2)12-17(15)20-19(22)24-13-14-8-5-4-6-9-14/h4-6,8-12H,13H2,1-2H3,(H,20,22). The maximum Gasteiger partial charge on any atom is 0.411 e. The Labute approximate surface area is 140 Å². The van der Waals surface area contributed by atoms with Gasteiger partial charge in [0, 0.05) is 5.56 Å². The lowest BCUT2D eigenvalue weighted by atomic mass is 10.1. The highest BCUT2D eigenvalue weighted by molar-refractivity contribution is 5.93. The van der Waals surface area contributed by atoms with Crippen molar-refractivity contribution in [1.29, 1.82) is 0 Å². The number of anilines is 1. The van der Waals surface area contributed by atoms with E-state index in [4.69, 9.17) is 4.74 Å². The predicted molar refractivity (Wildman–Crippen MR) is 90.6 cm³/mol. The summed E-state index contributed by atoms with van der Waals surface area (Å²) >= 11 is 0. The van der Waals surface area contributed by atoms with E-state index in [1.807, 2.05) is 30.3 Å². The van der Waals surface area contributed by atoms with Gasteiger partial charge in [0.1, 0.15) is 6.61 Å². The Kier molecular flexibility index (Phi) is 5.98.